The molecule has 8 rings (SSSR count). The zero-order valence-electron chi connectivity index (χ0n) is 31.4. The molecule has 3 nitrogen and oxygen atoms in total. The van der Waals surface area contributed by atoms with Crippen LogP contribution in [-0.4, -0.2) is 16.1 Å². The number of halogens is 4. The molecule has 0 saturated carbocycles. The van der Waals surface area contributed by atoms with Crippen LogP contribution in [0.5, 0.6) is 0 Å². The maximum atomic E-state index is 13.5. The minimum absolute atomic E-state index is 0. The first-order valence-corrected chi connectivity index (χ1v) is 15.4. The Hall–Kier alpha value is -5.43. The number of benzene rings is 5. The summed E-state index contributed by atoms with van der Waals surface area (Å²) in [5.74, 6) is -1.30. The number of hydrogen-bond acceptors (Lipinski definition) is 3. The molecule has 51 heavy (non-hydrogen) atoms. The van der Waals surface area contributed by atoms with Crippen molar-refractivity contribution in [2.75, 3.05) is 0 Å². The fourth-order valence-electron chi connectivity index (χ4n) is 5.56. The third-order valence-electron chi connectivity index (χ3n) is 7.89. The first-order valence-electron chi connectivity index (χ1n) is 17.9. The monoisotopic (exact) mass is 862 g/mol. The van der Waals surface area contributed by atoms with Crippen LogP contribution in [0.2, 0.25) is 0 Å². The van der Waals surface area contributed by atoms with Crippen LogP contribution in [0.1, 0.15) is 18.0 Å². The SMILES string of the molecule is [2H]C([2H])([2H])c1ccc2c(c1)oc1c(-c3cc(-c4ccc(-c5ccccc5)cc4)ccn3)[c-]ccc12.[2H]C([2H])(c1cc(-c2ccccn2)[c-]cc1F)C(F)(F)F.[Ir]. The van der Waals surface area contributed by atoms with Crippen LogP contribution < -0.4 is 0 Å². The van der Waals surface area contributed by atoms with Gasteiger partial charge in [0.15, 0.2) is 0 Å². The number of pyridine rings is 2. The molecule has 3 heterocycles. The molecule has 0 atom stereocenters. The summed E-state index contributed by atoms with van der Waals surface area (Å²) in [4.78, 5) is 8.50. The van der Waals surface area contributed by atoms with Crippen molar-refractivity contribution in [3.63, 3.8) is 0 Å². The molecule has 0 saturated heterocycles. The van der Waals surface area contributed by atoms with E-state index in [1.54, 1.807) is 30.5 Å². The molecule has 0 aliphatic heterocycles. The van der Waals surface area contributed by atoms with Crippen molar-refractivity contribution in [1.82, 2.24) is 9.97 Å². The zero-order valence-corrected chi connectivity index (χ0v) is 28.8. The van der Waals surface area contributed by atoms with Crippen molar-refractivity contribution in [2.45, 2.75) is 19.4 Å². The number of furan rings is 1. The zero-order chi connectivity index (χ0) is 39.0. The van der Waals surface area contributed by atoms with Crippen LogP contribution in [0, 0.1) is 24.8 Å². The second kappa shape index (κ2) is 15.2. The van der Waals surface area contributed by atoms with Gasteiger partial charge in [-0.3, -0.25) is 4.39 Å². The molecule has 8 aromatic rings. The Morgan fingerprint density at radius 3 is 2.18 bits per heavy atom. The number of aryl methyl sites for hydroxylation is 1. The van der Waals surface area contributed by atoms with E-state index in [0.29, 0.717) is 17.2 Å². The summed E-state index contributed by atoms with van der Waals surface area (Å²) in [5, 5.41) is 1.78. The van der Waals surface area contributed by atoms with Gasteiger partial charge < -0.3 is 14.4 Å². The molecule has 5 aromatic carbocycles. The van der Waals surface area contributed by atoms with Gasteiger partial charge in [-0.05, 0) is 64.3 Å². The van der Waals surface area contributed by atoms with Crippen molar-refractivity contribution in [3.05, 3.63) is 169 Å². The van der Waals surface area contributed by atoms with Crippen molar-refractivity contribution < 1.29 is 48.9 Å². The van der Waals surface area contributed by atoms with Gasteiger partial charge in [-0.25, -0.2) is 0 Å². The summed E-state index contributed by atoms with van der Waals surface area (Å²) < 4.78 is 95.0. The van der Waals surface area contributed by atoms with E-state index in [1.165, 1.54) is 23.4 Å². The Kier molecular flexibility index (Phi) is 8.75. The molecular weight excluding hydrogens is 829 g/mol. The predicted molar refractivity (Wildman–Crippen MR) is 190 cm³/mol. The number of fused-ring (bicyclic) bond motifs is 3. The molecule has 0 spiro atoms. The molecule has 0 N–H and O–H groups in total. The number of hydrogen-bond donors (Lipinski definition) is 0. The summed E-state index contributed by atoms with van der Waals surface area (Å²) in [5.41, 5.74) is 6.72. The molecule has 3 aromatic heterocycles. The van der Waals surface area contributed by atoms with Gasteiger partial charge in [-0.1, -0.05) is 101 Å². The maximum Gasteiger partial charge on any atom is 0.391 e. The van der Waals surface area contributed by atoms with Crippen molar-refractivity contribution >= 4 is 21.9 Å². The summed E-state index contributed by atoms with van der Waals surface area (Å²) in [6, 6.07) is 43.6. The van der Waals surface area contributed by atoms with Crippen LogP contribution >= 0.6 is 0 Å². The molecule has 0 aliphatic rings. The van der Waals surface area contributed by atoms with Crippen molar-refractivity contribution in [2.24, 2.45) is 0 Å². The van der Waals surface area contributed by atoms with E-state index in [0.717, 1.165) is 39.2 Å². The second-order valence-corrected chi connectivity index (χ2v) is 11.2. The van der Waals surface area contributed by atoms with E-state index in [4.69, 9.17) is 11.3 Å². The third kappa shape index (κ3) is 8.15. The number of nitrogens with zero attached hydrogens (tertiary/aromatic N) is 2. The number of aromatic nitrogens is 2. The van der Waals surface area contributed by atoms with Crippen molar-refractivity contribution in [1.29, 1.82) is 0 Å². The third-order valence-corrected chi connectivity index (χ3v) is 7.89. The van der Waals surface area contributed by atoms with Crippen LogP contribution in [0.3, 0.4) is 0 Å². The van der Waals surface area contributed by atoms with Crippen LogP contribution in [0.25, 0.3) is 66.7 Å². The van der Waals surface area contributed by atoms with Crippen molar-refractivity contribution in [3.8, 4) is 44.8 Å². The number of alkyl halides is 3. The molecule has 0 bridgehead atoms. The first-order chi connectivity index (χ1) is 26.2. The average Bonchev–Trinajstić information content (AvgIpc) is 3.57. The molecule has 255 valence electrons. The van der Waals surface area contributed by atoms with Crippen LogP contribution in [-0.2, 0) is 26.5 Å². The standard InChI is InChI=1S/C30H20NO.C13H8F4N.Ir/c1-20-10-15-25-26-8-5-9-27(30(26)32-29(25)18-20)28-19-24(16-17-31-28)23-13-11-22(12-14-23)21-6-3-2-4-7-21;14-11-5-4-9(12-3-1-2-6-18-12)7-10(11)8-13(15,16)17;/h2-8,10-19H,1H3;1-3,5-7H,8H2;/q2*-1;/i1D3;8D2;. The average molecular weight is 862 g/mol. The normalized spacial score (nSPS) is 13.1. The summed E-state index contributed by atoms with van der Waals surface area (Å²) in [7, 11) is 0. The smallest absolute Gasteiger partial charge is 0.391 e. The summed E-state index contributed by atoms with van der Waals surface area (Å²) in [6.07, 6.45) is -5.78. The second-order valence-electron chi connectivity index (χ2n) is 11.2. The molecule has 8 heteroatoms. The molecular formula is C43H28F4IrN2O-2. The van der Waals surface area contributed by atoms with Crippen LogP contribution in [0.15, 0.2) is 144 Å². The van der Waals surface area contributed by atoms with Gasteiger partial charge in [0.05, 0.1) is 12.0 Å². The van der Waals surface area contributed by atoms with E-state index in [9.17, 15) is 17.6 Å². The van der Waals surface area contributed by atoms with Crippen LogP contribution in [0.4, 0.5) is 17.6 Å². The Bertz CT molecular complexity index is 2620. The Balaban J connectivity index is 0.000000217. The van der Waals surface area contributed by atoms with E-state index < -0.39 is 30.8 Å². The largest absolute Gasteiger partial charge is 0.501 e. The van der Waals surface area contributed by atoms with Gasteiger partial charge in [0.25, 0.3) is 0 Å². The molecule has 0 amide bonds. The van der Waals surface area contributed by atoms with Gasteiger partial charge in [0.2, 0.25) is 0 Å². The molecule has 0 aliphatic carbocycles. The fraction of sp³-hybridized carbons (Fsp3) is 0.0698. The molecule has 0 fully saturated rings. The van der Waals surface area contributed by atoms with Gasteiger partial charge in [0, 0.05) is 50.6 Å². The molecule has 0 unspecified atom stereocenters. The van der Waals surface area contributed by atoms with E-state index >= 15 is 0 Å². The van der Waals surface area contributed by atoms with Gasteiger partial charge in [-0.15, -0.1) is 42.0 Å². The Morgan fingerprint density at radius 2 is 1.45 bits per heavy atom. The number of rotatable bonds is 5. The minimum atomic E-state index is -5.21. The first kappa shape index (κ1) is 29.3. The summed E-state index contributed by atoms with van der Waals surface area (Å²) >= 11 is 0. The quantitative estimate of drug-likeness (QED) is 0.128. The van der Waals surface area contributed by atoms with Gasteiger partial charge >= 0.3 is 6.18 Å². The van der Waals surface area contributed by atoms with E-state index in [1.807, 2.05) is 48.5 Å². The predicted octanol–water partition coefficient (Wildman–Crippen LogP) is 11.9. The Labute approximate surface area is 313 Å². The van der Waals surface area contributed by atoms with Gasteiger partial charge in [0.1, 0.15) is 5.58 Å². The van der Waals surface area contributed by atoms with Gasteiger partial charge in [-0.2, -0.15) is 13.2 Å². The maximum absolute atomic E-state index is 13.5. The Morgan fingerprint density at radius 1 is 0.725 bits per heavy atom. The fourth-order valence-corrected chi connectivity index (χ4v) is 5.56. The molecule has 1 radical (unpaired) electrons. The van der Waals surface area contributed by atoms with E-state index in [-0.39, 0.29) is 36.9 Å². The topological polar surface area (TPSA) is 38.9 Å². The minimum Gasteiger partial charge on any atom is -0.501 e. The summed E-state index contributed by atoms with van der Waals surface area (Å²) in [6.45, 7) is -2.19. The van der Waals surface area contributed by atoms with E-state index in [2.05, 4.69) is 58.5 Å².